The van der Waals surface area contributed by atoms with Crippen molar-refractivity contribution in [2.75, 3.05) is 19.7 Å². The summed E-state index contributed by atoms with van der Waals surface area (Å²) in [7, 11) is -5.88. The summed E-state index contributed by atoms with van der Waals surface area (Å²) in [5, 5.41) is 0. The van der Waals surface area contributed by atoms with E-state index in [2.05, 4.69) is 4.18 Å². The minimum absolute atomic E-state index is 0.144. The molecule has 0 saturated carbocycles. The van der Waals surface area contributed by atoms with Crippen LogP contribution in [-0.4, -0.2) is 55.9 Å². The number of hydrogen-bond acceptors (Lipinski definition) is 5. The number of nitrogens with zero attached hydrogens (tertiary/aromatic N) is 1. The molecule has 1 unspecified atom stereocenters. The van der Waals surface area contributed by atoms with Crippen LogP contribution >= 0.6 is 0 Å². The Morgan fingerprint density at radius 1 is 1.26 bits per heavy atom. The molecule has 0 aliphatic carbocycles. The molecule has 23 heavy (non-hydrogen) atoms. The highest BCUT2D eigenvalue weighted by Crippen LogP contribution is 2.30. The highest BCUT2D eigenvalue weighted by atomic mass is 32.2. The number of rotatable bonds is 3. The molecule has 1 atom stereocenters. The molecule has 0 aromatic rings. The molecule has 0 bridgehead atoms. The van der Waals surface area contributed by atoms with Crippen LogP contribution in [0.4, 0.5) is 22.4 Å². The van der Waals surface area contributed by atoms with E-state index in [0.29, 0.717) is 0 Å². The topological polar surface area (TPSA) is 72.9 Å². The minimum Gasteiger partial charge on any atom is -0.444 e. The Kier molecular flexibility index (Phi) is 5.57. The van der Waals surface area contributed by atoms with Crippen molar-refractivity contribution in [3.8, 4) is 0 Å². The number of ether oxygens (including phenoxy) is 1. The third-order valence-corrected chi connectivity index (χ3v) is 3.93. The summed E-state index contributed by atoms with van der Waals surface area (Å²) in [6, 6.07) is 0. The smallest absolute Gasteiger partial charge is 0.444 e. The van der Waals surface area contributed by atoms with Crippen molar-refractivity contribution < 1.29 is 39.7 Å². The van der Waals surface area contributed by atoms with E-state index in [0.717, 1.165) is 4.90 Å². The van der Waals surface area contributed by atoms with Crippen LogP contribution in [0.1, 0.15) is 33.6 Å². The van der Waals surface area contributed by atoms with Gasteiger partial charge in [0.2, 0.25) is 0 Å². The highest BCUT2D eigenvalue weighted by molar-refractivity contribution is 7.87. The van der Waals surface area contributed by atoms with Gasteiger partial charge in [0.15, 0.2) is 5.67 Å². The van der Waals surface area contributed by atoms with Gasteiger partial charge >= 0.3 is 21.7 Å². The zero-order valence-electron chi connectivity index (χ0n) is 12.9. The van der Waals surface area contributed by atoms with Gasteiger partial charge in [-0.15, -0.1) is 0 Å². The molecule has 0 aromatic carbocycles. The monoisotopic (exact) mass is 365 g/mol. The van der Waals surface area contributed by atoms with E-state index in [1.165, 1.54) is 0 Å². The van der Waals surface area contributed by atoms with E-state index in [4.69, 9.17) is 4.74 Å². The summed E-state index contributed by atoms with van der Waals surface area (Å²) >= 11 is 0. The first-order chi connectivity index (χ1) is 10.2. The molecule has 1 aliphatic heterocycles. The van der Waals surface area contributed by atoms with Crippen molar-refractivity contribution in [1.82, 2.24) is 4.90 Å². The van der Waals surface area contributed by atoms with Crippen LogP contribution in [0, 0.1) is 0 Å². The lowest BCUT2D eigenvalue weighted by Crippen LogP contribution is -2.51. The van der Waals surface area contributed by atoms with Gasteiger partial charge in [0.1, 0.15) is 12.2 Å². The van der Waals surface area contributed by atoms with Gasteiger partial charge in [-0.1, -0.05) is 0 Å². The van der Waals surface area contributed by atoms with Crippen molar-refractivity contribution in [2.45, 2.75) is 50.4 Å². The number of halogens is 4. The van der Waals surface area contributed by atoms with E-state index >= 15 is 0 Å². The van der Waals surface area contributed by atoms with Crippen LogP contribution in [0.2, 0.25) is 0 Å². The Morgan fingerprint density at radius 2 is 1.83 bits per heavy atom. The normalized spacial score (nSPS) is 23.7. The first-order valence-corrected chi connectivity index (χ1v) is 8.19. The summed E-state index contributed by atoms with van der Waals surface area (Å²) in [5.41, 5.74) is -8.83. The maximum Gasteiger partial charge on any atom is 0.523 e. The van der Waals surface area contributed by atoms with Crippen molar-refractivity contribution >= 4 is 16.2 Å². The second-order valence-electron chi connectivity index (χ2n) is 6.32. The number of carbonyl (C=O) groups excluding carboxylic acids is 1. The van der Waals surface area contributed by atoms with Gasteiger partial charge in [0.05, 0.1) is 6.54 Å². The number of amides is 1. The Morgan fingerprint density at radius 3 is 2.30 bits per heavy atom. The maximum atomic E-state index is 14.5. The molecule has 1 amide bonds. The van der Waals surface area contributed by atoms with Gasteiger partial charge in [-0.25, -0.2) is 9.18 Å². The fourth-order valence-corrected chi connectivity index (χ4v) is 2.44. The van der Waals surface area contributed by atoms with E-state index < -0.39 is 46.1 Å². The first-order valence-electron chi connectivity index (χ1n) is 6.78. The Bertz CT molecular complexity index is 543. The first kappa shape index (κ1) is 19.9. The lowest BCUT2D eigenvalue weighted by Gasteiger charge is -2.37. The molecule has 0 radical (unpaired) electrons. The lowest BCUT2D eigenvalue weighted by molar-refractivity contribution is -0.0617. The maximum absolute atomic E-state index is 14.5. The largest absolute Gasteiger partial charge is 0.523 e. The predicted octanol–water partition coefficient (Wildman–Crippen LogP) is 2.59. The molecule has 1 aliphatic rings. The summed E-state index contributed by atoms with van der Waals surface area (Å²) in [6.07, 6.45) is -0.900. The molecule has 0 aromatic heterocycles. The molecular weight excluding hydrogens is 346 g/mol. The second kappa shape index (κ2) is 6.42. The molecule has 1 heterocycles. The van der Waals surface area contributed by atoms with Crippen LogP contribution in [0.15, 0.2) is 0 Å². The van der Waals surface area contributed by atoms with E-state index in [9.17, 15) is 30.8 Å². The van der Waals surface area contributed by atoms with E-state index in [1.807, 2.05) is 0 Å². The number of hydrogen-bond donors (Lipinski definition) is 0. The average Bonchev–Trinajstić information content (AvgIpc) is 2.33. The van der Waals surface area contributed by atoms with Gasteiger partial charge < -0.3 is 9.64 Å². The molecule has 11 heteroatoms. The lowest BCUT2D eigenvalue weighted by atomic mass is 9.96. The van der Waals surface area contributed by atoms with Crippen molar-refractivity contribution in [3.63, 3.8) is 0 Å². The molecule has 136 valence electrons. The fourth-order valence-electron chi connectivity index (χ4n) is 1.94. The number of alkyl halides is 4. The quantitative estimate of drug-likeness (QED) is 0.437. The van der Waals surface area contributed by atoms with Crippen LogP contribution in [0.25, 0.3) is 0 Å². The second-order valence-corrected chi connectivity index (χ2v) is 7.93. The molecule has 0 N–H and O–H groups in total. The summed E-state index contributed by atoms with van der Waals surface area (Å²) in [5.74, 6) is 0. The van der Waals surface area contributed by atoms with Gasteiger partial charge in [0, 0.05) is 6.54 Å². The molecular formula is C12H19F4NO5S. The van der Waals surface area contributed by atoms with Gasteiger partial charge in [-0.05, 0) is 33.6 Å². The van der Waals surface area contributed by atoms with Crippen molar-refractivity contribution in [2.24, 2.45) is 0 Å². The van der Waals surface area contributed by atoms with Crippen LogP contribution in [-0.2, 0) is 19.0 Å². The molecule has 1 saturated heterocycles. The van der Waals surface area contributed by atoms with Crippen LogP contribution in [0.3, 0.4) is 0 Å². The highest BCUT2D eigenvalue weighted by Gasteiger charge is 2.49. The van der Waals surface area contributed by atoms with Crippen LogP contribution in [0.5, 0.6) is 0 Å². The number of carbonyl (C=O) groups is 1. The van der Waals surface area contributed by atoms with Crippen molar-refractivity contribution in [1.29, 1.82) is 0 Å². The third kappa shape index (κ3) is 5.79. The van der Waals surface area contributed by atoms with Crippen molar-refractivity contribution in [3.05, 3.63) is 0 Å². The van der Waals surface area contributed by atoms with Crippen LogP contribution < -0.4 is 0 Å². The van der Waals surface area contributed by atoms with Gasteiger partial charge in [-0.2, -0.15) is 21.6 Å². The zero-order chi connectivity index (χ0) is 18.1. The summed E-state index contributed by atoms with van der Waals surface area (Å²) in [4.78, 5) is 12.8. The standard InChI is InChI=1S/C12H19F4NO5S/c1-10(2,3)22-9(18)17-6-4-5-11(13,7-17)8-21-23(19,20)12(14,15)16/h4-8H2,1-3H3. The predicted molar refractivity (Wildman–Crippen MR) is 71.8 cm³/mol. The third-order valence-electron chi connectivity index (χ3n) is 2.94. The number of piperidine rings is 1. The summed E-state index contributed by atoms with van der Waals surface area (Å²) < 4.78 is 81.5. The Balaban J connectivity index is 2.71. The molecule has 6 nitrogen and oxygen atoms in total. The SMILES string of the molecule is CC(C)(C)OC(=O)N1CCCC(F)(COS(=O)(=O)C(F)(F)F)C1. The molecule has 0 spiro atoms. The average molecular weight is 365 g/mol. The molecule has 1 fully saturated rings. The molecule has 1 rings (SSSR count). The zero-order valence-corrected chi connectivity index (χ0v) is 13.8. The summed E-state index contributed by atoms with van der Waals surface area (Å²) in [6.45, 7) is 3.07. The Hall–Kier alpha value is -1.10. The minimum atomic E-state index is -5.88. The van der Waals surface area contributed by atoms with Gasteiger partial charge in [-0.3, -0.25) is 4.18 Å². The fraction of sp³-hybridized carbons (Fsp3) is 0.917. The number of likely N-dealkylation sites (tertiary alicyclic amines) is 1. The van der Waals surface area contributed by atoms with E-state index in [1.54, 1.807) is 20.8 Å². The van der Waals surface area contributed by atoms with E-state index in [-0.39, 0.29) is 19.4 Å². The van der Waals surface area contributed by atoms with Gasteiger partial charge in [0.25, 0.3) is 0 Å². The Labute approximate surface area is 131 Å².